The second-order valence-corrected chi connectivity index (χ2v) is 2.98. The number of hydrogen-bond donors (Lipinski definition) is 2. The summed E-state index contributed by atoms with van der Waals surface area (Å²) >= 11 is 5.46. The zero-order valence-electron chi connectivity index (χ0n) is 6.85. The SMILES string of the molecule is Nc1ccnc(Cl)c1[C@H](N)C(F)(F)F. The molecular weight excluding hydrogens is 219 g/mol. The lowest BCUT2D eigenvalue weighted by Crippen LogP contribution is -2.29. The topological polar surface area (TPSA) is 64.9 Å². The summed E-state index contributed by atoms with van der Waals surface area (Å²) in [6.07, 6.45) is -3.37. The Morgan fingerprint density at radius 1 is 1.43 bits per heavy atom. The highest BCUT2D eigenvalue weighted by Crippen LogP contribution is 2.36. The van der Waals surface area contributed by atoms with Crippen molar-refractivity contribution in [3.05, 3.63) is 23.0 Å². The Morgan fingerprint density at radius 3 is 2.43 bits per heavy atom. The van der Waals surface area contributed by atoms with Crippen LogP contribution >= 0.6 is 11.6 Å². The fraction of sp³-hybridized carbons (Fsp3) is 0.286. The van der Waals surface area contributed by atoms with Crippen molar-refractivity contribution in [3.63, 3.8) is 0 Å². The summed E-state index contributed by atoms with van der Waals surface area (Å²) in [4.78, 5) is 3.48. The van der Waals surface area contributed by atoms with Crippen molar-refractivity contribution in [3.8, 4) is 0 Å². The number of anilines is 1. The number of nitrogens with two attached hydrogens (primary N) is 2. The zero-order valence-corrected chi connectivity index (χ0v) is 7.60. The molecule has 0 amide bonds. The van der Waals surface area contributed by atoms with E-state index in [0.717, 1.165) is 0 Å². The third kappa shape index (κ3) is 2.08. The van der Waals surface area contributed by atoms with Crippen molar-refractivity contribution in [1.82, 2.24) is 4.98 Å². The van der Waals surface area contributed by atoms with E-state index >= 15 is 0 Å². The van der Waals surface area contributed by atoms with Crippen molar-refractivity contribution in [2.75, 3.05) is 5.73 Å². The van der Waals surface area contributed by atoms with Crippen LogP contribution in [0.2, 0.25) is 5.15 Å². The Hall–Kier alpha value is -1.01. The summed E-state index contributed by atoms with van der Waals surface area (Å²) in [5.74, 6) is 0. The van der Waals surface area contributed by atoms with E-state index in [-0.39, 0.29) is 16.4 Å². The number of pyridine rings is 1. The highest BCUT2D eigenvalue weighted by molar-refractivity contribution is 6.30. The van der Waals surface area contributed by atoms with Gasteiger partial charge in [-0.05, 0) is 6.07 Å². The molecule has 0 aromatic carbocycles. The van der Waals surface area contributed by atoms with Crippen molar-refractivity contribution in [1.29, 1.82) is 0 Å². The first-order valence-electron chi connectivity index (χ1n) is 3.56. The van der Waals surface area contributed by atoms with Gasteiger partial charge in [0.25, 0.3) is 0 Å². The van der Waals surface area contributed by atoms with Gasteiger partial charge in [0, 0.05) is 17.4 Å². The highest BCUT2D eigenvalue weighted by atomic mass is 35.5. The summed E-state index contributed by atoms with van der Waals surface area (Å²) in [5.41, 5.74) is 9.76. The van der Waals surface area contributed by atoms with Crippen LogP contribution in [0.15, 0.2) is 12.3 Å². The lowest BCUT2D eigenvalue weighted by molar-refractivity contribution is -0.149. The van der Waals surface area contributed by atoms with Gasteiger partial charge < -0.3 is 11.5 Å². The largest absolute Gasteiger partial charge is 0.407 e. The molecule has 0 aliphatic carbocycles. The van der Waals surface area contributed by atoms with Crippen LogP contribution in [-0.2, 0) is 0 Å². The van der Waals surface area contributed by atoms with Gasteiger partial charge >= 0.3 is 6.18 Å². The molecule has 0 aliphatic heterocycles. The van der Waals surface area contributed by atoms with Crippen molar-refractivity contribution in [2.24, 2.45) is 5.73 Å². The second kappa shape index (κ2) is 3.62. The molecule has 78 valence electrons. The van der Waals surface area contributed by atoms with Gasteiger partial charge in [0.1, 0.15) is 11.2 Å². The maximum absolute atomic E-state index is 12.2. The molecule has 0 fully saturated rings. The lowest BCUT2D eigenvalue weighted by Gasteiger charge is -2.18. The highest BCUT2D eigenvalue weighted by Gasteiger charge is 2.40. The molecule has 1 heterocycles. The van der Waals surface area contributed by atoms with Gasteiger partial charge in [0.15, 0.2) is 0 Å². The average Bonchev–Trinajstić information content (AvgIpc) is 2.01. The molecule has 4 N–H and O–H groups in total. The molecule has 3 nitrogen and oxygen atoms in total. The third-order valence-corrected chi connectivity index (χ3v) is 1.94. The van der Waals surface area contributed by atoms with Gasteiger partial charge in [-0.15, -0.1) is 0 Å². The van der Waals surface area contributed by atoms with Crippen LogP contribution in [0.4, 0.5) is 18.9 Å². The predicted molar refractivity (Wildman–Crippen MR) is 46.6 cm³/mol. The van der Waals surface area contributed by atoms with Crippen LogP contribution < -0.4 is 11.5 Å². The molecule has 1 atom stereocenters. The molecule has 7 heteroatoms. The Bertz CT molecular complexity index is 319. The summed E-state index contributed by atoms with van der Waals surface area (Å²) in [6.45, 7) is 0. The number of halogens is 4. The molecule has 14 heavy (non-hydrogen) atoms. The van der Waals surface area contributed by atoms with Crippen LogP contribution in [0.5, 0.6) is 0 Å². The maximum atomic E-state index is 12.2. The molecule has 0 spiro atoms. The standard InChI is InChI=1S/C7H7ClF3N3/c8-6-4(3(12)1-2-14-6)5(13)7(9,10)11/h1-2,5H,13H2,(H2,12,14)/t5-/m0/s1. The monoisotopic (exact) mass is 225 g/mol. The van der Waals surface area contributed by atoms with E-state index in [9.17, 15) is 13.2 Å². The Morgan fingerprint density at radius 2 is 2.00 bits per heavy atom. The van der Waals surface area contributed by atoms with E-state index in [1.165, 1.54) is 12.3 Å². The van der Waals surface area contributed by atoms with Crippen LogP contribution in [0.25, 0.3) is 0 Å². The number of nitrogens with zero attached hydrogens (tertiary/aromatic N) is 1. The quantitative estimate of drug-likeness (QED) is 0.718. The van der Waals surface area contributed by atoms with Gasteiger partial charge in [-0.2, -0.15) is 13.2 Å². The molecule has 1 aromatic heterocycles. The predicted octanol–water partition coefficient (Wildman–Crippen LogP) is 1.88. The molecule has 0 radical (unpaired) electrons. The Labute approximate surface area is 82.9 Å². The maximum Gasteiger partial charge on any atom is 0.407 e. The number of rotatable bonds is 1. The first kappa shape index (κ1) is 11.1. The first-order valence-corrected chi connectivity index (χ1v) is 3.94. The number of nitrogen functional groups attached to an aromatic ring is 1. The summed E-state index contributed by atoms with van der Waals surface area (Å²) < 4.78 is 36.7. The minimum absolute atomic E-state index is 0.116. The molecule has 0 bridgehead atoms. The van der Waals surface area contributed by atoms with Crippen LogP contribution in [-0.4, -0.2) is 11.2 Å². The molecule has 1 aromatic rings. The molecular formula is C7H7ClF3N3. The Kier molecular flexibility index (Phi) is 2.86. The molecule has 0 unspecified atom stereocenters. The lowest BCUT2D eigenvalue weighted by atomic mass is 10.1. The van der Waals surface area contributed by atoms with E-state index in [1.807, 2.05) is 0 Å². The van der Waals surface area contributed by atoms with E-state index in [2.05, 4.69) is 4.98 Å². The van der Waals surface area contributed by atoms with Crippen LogP contribution in [0.1, 0.15) is 11.6 Å². The van der Waals surface area contributed by atoms with E-state index in [1.54, 1.807) is 0 Å². The molecule has 1 rings (SSSR count). The van der Waals surface area contributed by atoms with Crippen LogP contribution in [0, 0.1) is 0 Å². The number of alkyl halides is 3. The minimum atomic E-state index is -4.58. The van der Waals surface area contributed by atoms with Gasteiger partial charge in [0.2, 0.25) is 0 Å². The van der Waals surface area contributed by atoms with Gasteiger partial charge in [-0.1, -0.05) is 11.6 Å². The van der Waals surface area contributed by atoms with Gasteiger partial charge in [0.05, 0.1) is 0 Å². The number of aromatic nitrogens is 1. The normalized spacial score (nSPS) is 14.1. The van der Waals surface area contributed by atoms with E-state index < -0.39 is 12.2 Å². The fourth-order valence-electron chi connectivity index (χ4n) is 0.933. The van der Waals surface area contributed by atoms with Crippen LogP contribution in [0.3, 0.4) is 0 Å². The fourth-order valence-corrected chi connectivity index (χ4v) is 1.22. The molecule has 0 saturated heterocycles. The second-order valence-electron chi connectivity index (χ2n) is 2.62. The Balaban J connectivity index is 3.19. The van der Waals surface area contributed by atoms with E-state index in [4.69, 9.17) is 23.1 Å². The van der Waals surface area contributed by atoms with Crippen molar-refractivity contribution >= 4 is 17.3 Å². The minimum Gasteiger partial charge on any atom is -0.398 e. The third-order valence-electron chi connectivity index (χ3n) is 1.64. The van der Waals surface area contributed by atoms with E-state index in [0.29, 0.717) is 0 Å². The number of hydrogen-bond acceptors (Lipinski definition) is 3. The summed E-state index contributed by atoms with van der Waals surface area (Å²) in [6, 6.07) is -0.990. The smallest absolute Gasteiger partial charge is 0.398 e. The van der Waals surface area contributed by atoms with Gasteiger partial charge in [-0.3, -0.25) is 0 Å². The zero-order chi connectivity index (χ0) is 10.9. The molecule has 0 saturated carbocycles. The first-order chi connectivity index (χ1) is 6.34. The van der Waals surface area contributed by atoms with Gasteiger partial charge in [-0.25, -0.2) is 4.98 Å². The summed E-state index contributed by atoms with van der Waals surface area (Å²) in [7, 11) is 0. The van der Waals surface area contributed by atoms with Crippen molar-refractivity contribution in [2.45, 2.75) is 12.2 Å². The molecule has 0 aliphatic rings. The average molecular weight is 226 g/mol. The van der Waals surface area contributed by atoms with Crippen molar-refractivity contribution < 1.29 is 13.2 Å². The summed E-state index contributed by atoms with van der Waals surface area (Å²) in [5, 5.41) is -0.324.